The largest absolute Gasteiger partial charge is 0.505 e. The molecule has 0 heterocycles. The van der Waals surface area contributed by atoms with Crippen LogP contribution in [0.5, 0.6) is 0 Å². The number of allylic oxidation sites excluding steroid dienone is 2. The molecule has 0 aliphatic rings. The van der Waals surface area contributed by atoms with Crippen molar-refractivity contribution in [2.75, 3.05) is 0 Å². The van der Waals surface area contributed by atoms with Gasteiger partial charge in [0.2, 0.25) is 22.6 Å². The Balaban J connectivity index is 5.26. The minimum Gasteiger partial charge on any atom is -0.505 e. The van der Waals surface area contributed by atoms with Crippen LogP contribution in [0.15, 0.2) is 23.9 Å². The summed E-state index contributed by atoms with van der Waals surface area (Å²) in [6.07, 6.45) is -0.136. The van der Waals surface area contributed by atoms with E-state index in [9.17, 15) is 34.5 Å². The SMILES string of the molecule is N#[N+]C=C(O)CCC(NC(=O)C(CCC(O)=C[N+]#N)NC(=O)CCC(N)C(=O)O)C(=O)O. The average molecular weight is 455 g/mol. The second-order valence-electron chi connectivity index (χ2n) is 6.55. The van der Waals surface area contributed by atoms with Gasteiger partial charge in [0.1, 0.15) is 18.1 Å². The Morgan fingerprint density at radius 2 is 1.28 bits per heavy atom. The number of carbonyl (C=O) groups is 4. The summed E-state index contributed by atoms with van der Waals surface area (Å²) in [5.74, 6) is -5.29. The summed E-state index contributed by atoms with van der Waals surface area (Å²) < 4.78 is 0. The van der Waals surface area contributed by atoms with Gasteiger partial charge in [-0.1, -0.05) is 0 Å². The van der Waals surface area contributed by atoms with Crippen LogP contribution in [0.25, 0.3) is 9.95 Å². The first-order valence-electron chi connectivity index (χ1n) is 9.27. The monoisotopic (exact) mass is 455 g/mol. The molecule has 0 aliphatic carbocycles. The molecule has 0 bridgehead atoms. The number of carboxylic acids is 2. The fourth-order valence-corrected chi connectivity index (χ4v) is 2.32. The lowest BCUT2D eigenvalue weighted by molar-refractivity contribution is -0.142. The van der Waals surface area contributed by atoms with E-state index >= 15 is 0 Å². The first kappa shape index (κ1) is 27.8. The van der Waals surface area contributed by atoms with Crippen LogP contribution in [-0.2, 0) is 19.2 Å². The normalized spacial score (nSPS) is 14.2. The van der Waals surface area contributed by atoms with E-state index in [-0.39, 0.29) is 38.5 Å². The van der Waals surface area contributed by atoms with Gasteiger partial charge in [-0.05, 0) is 19.3 Å². The van der Waals surface area contributed by atoms with E-state index in [4.69, 9.17) is 21.6 Å². The van der Waals surface area contributed by atoms with Crippen LogP contribution in [0.3, 0.4) is 0 Å². The molecule has 0 saturated carbocycles. The zero-order valence-electron chi connectivity index (χ0n) is 16.9. The second kappa shape index (κ2) is 14.7. The topological polar surface area (TPSA) is 256 Å². The van der Waals surface area contributed by atoms with Crippen LogP contribution in [0.4, 0.5) is 0 Å². The number of aliphatic hydroxyl groups excluding tert-OH is 2. The number of nitrogens with one attached hydrogen (secondary N) is 2. The van der Waals surface area contributed by atoms with Crippen molar-refractivity contribution in [3.05, 3.63) is 33.9 Å². The molecule has 174 valence electrons. The van der Waals surface area contributed by atoms with Gasteiger partial charge in [0, 0.05) is 19.3 Å². The van der Waals surface area contributed by atoms with Crippen molar-refractivity contribution in [3.8, 4) is 0 Å². The van der Waals surface area contributed by atoms with Gasteiger partial charge in [-0.3, -0.25) is 14.4 Å². The van der Waals surface area contributed by atoms with Crippen molar-refractivity contribution in [2.45, 2.75) is 56.7 Å². The highest BCUT2D eigenvalue weighted by molar-refractivity contribution is 5.90. The number of nitrogens with two attached hydrogens (primary N) is 1. The van der Waals surface area contributed by atoms with Crippen molar-refractivity contribution in [1.29, 1.82) is 10.8 Å². The molecule has 0 radical (unpaired) electrons. The number of aliphatic hydroxyl groups is 2. The molecule has 0 rings (SSSR count). The highest BCUT2D eigenvalue weighted by Crippen LogP contribution is 2.10. The third-order valence-electron chi connectivity index (χ3n) is 4.06. The zero-order valence-corrected chi connectivity index (χ0v) is 16.9. The van der Waals surface area contributed by atoms with Crippen molar-refractivity contribution in [1.82, 2.24) is 10.6 Å². The number of carbonyl (C=O) groups excluding carboxylic acids is 2. The molecule has 8 N–H and O–H groups in total. The Kier molecular flexibility index (Phi) is 12.7. The Bertz CT molecular complexity index is 843. The molecule has 0 aromatic heterocycles. The molecular weight excluding hydrogens is 430 g/mol. The van der Waals surface area contributed by atoms with Gasteiger partial charge in [0.25, 0.3) is 0 Å². The lowest BCUT2D eigenvalue weighted by Crippen LogP contribution is -2.51. The lowest BCUT2D eigenvalue weighted by atomic mass is 10.1. The smallest absolute Gasteiger partial charge is 0.387 e. The molecule has 0 fully saturated rings. The first-order valence-corrected chi connectivity index (χ1v) is 9.27. The van der Waals surface area contributed by atoms with E-state index in [1.54, 1.807) is 0 Å². The Hall–Kier alpha value is -4.24. The fraction of sp³-hybridized carbons (Fsp3) is 0.529. The van der Waals surface area contributed by atoms with Crippen LogP contribution < -0.4 is 16.4 Å². The third kappa shape index (κ3) is 11.7. The highest BCUT2D eigenvalue weighted by atomic mass is 16.4. The molecule has 3 unspecified atom stereocenters. The number of amides is 2. The average Bonchev–Trinajstić information content (AvgIpc) is 2.72. The second-order valence-corrected chi connectivity index (χ2v) is 6.55. The molecule has 0 spiro atoms. The van der Waals surface area contributed by atoms with Gasteiger partial charge < -0.3 is 36.8 Å². The van der Waals surface area contributed by atoms with Crippen molar-refractivity contribution >= 4 is 23.8 Å². The van der Waals surface area contributed by atoms with Gasteiger partial charge >= 0.3 is 24.3 Å². The summed E-state index contributed by atoms with van der Waals surface area (Å²) in [5.41, 5.74) is 5.32. The van der Waals surface area contributed by atoms with E-state index < -0.39 is 53.4 Å². The summed E-state index contributed by atoms with van der Waals surface area (Å²) in [4.78, 5) is 52.0. The fourth-order valence-electron chi connectivity index (χ4n) is 2.32. The summed E-state index contributed by atoms with van der Waals surface area (Å²) in [6, 6.07) is -4.11. The van der Waals surface area contributed by atoms with Crippen LogP contribution in [0, 0.1) is 10.8 Å². The van der Waals surface area contributed by atoms with Gasteiger partial charge in [-0.15, -0.1) is 0 Å². The Morgan fingerprint density at radius 3 is 1.72 bits per heavy atom. The number of rotatable bonds is 14. The van der Waals surface area contributed by atoms with E-state index in [1.807, 2.05) is 0 Å². The third-order valence-corrected chi connectivity index (χ3v) is 4.06. The quantitative estimate of drug-likeness (QED) is 0.138. The van der Waals surface area contributed by atoms with E-state index in [0.29, 0.717) is 12.4 Å². The van der Waals surface area contributed by atoms with E-state index in [1.165, 1.54) is 0 Å². The number of diazo groups is 2. The molecule has 3 atom stereocenters. The van der Waals surface area contributed by atoms with E-state index in [0.717, 1.165) is 0 Å². The van der Waals surface area contributed by atoms with Gasteiger partial charge in [-0.2, -0.15) is 0 Å². The predicted octanol–water partition coefficient (Wildman–Crippen LogP) is 0.298. The minimum absolute atomic E-state index is 0.219. The van der Waals surface area contributed by atoms with Crippen molar-refractivity contribution in [2.24, 2.45) is 5.73 Å². The van der Waals surface area contributed by atoms with Crippen LogP contribution in [0.1, 0.15) is 38.5 Å². The molecule has 0 aromatic carbocycles. The molecule has 0 saturated heterocycles. The number of hydrogen-bond donors (Lipinski definition) is 7. The maximum Gasteiger partial charge on any atom is 0.387 e. The van der Waals surface area contributed by atoms with Gasteiger partial charge in [0.05, 0.1) is 0 Å². The molecule has 15 nitrogen and oxygen atoms in total. The van der Waals surface area contributed by atoms with Crippen LogP contribution >= 0.6 is 0 Å². The maximum absolute atomic E-state index is 12.6. The number of carboxylic acid groups (broad SMARTS) is 2. The first-order chi connectivity index (χ1) is 15.0. The van der Waals surface area contributed by atoms with Crippen LogP contribution in [0.2, 0.25) is 0 Å². The minimum atomic E-state index is -1.48. The van der Waals surface area contributed by atoms with Crippen molar-refractivity contribution in [3.63, 3.8) is 0 Å². The summed E-state index contributed by atoms with van der Waals surface area (Å²) in [7, 11) is 0. The Labute approximate surface area is 181 Å². The van der Waals surface area contributed by atoms with Gasteiger partial charge in [0.15, 0.2) is 21.5 Å². The molecule has 32 heavy (non-hydrogen) atoms. The maximum atomic E-state index is 12.6. The number of hydrogen-bond acceptors (Lipinski definition) is 9. The number of aliphatic carboxylic acids is 2. The summed E-state index contributed by atoms with van der Waals surface area (Å²) in [5, 5.41) is 58.2. The van der Waals surface area contributed by atoms with Crippen molar-refractivity contribution < 1.29 is 39.6 Å². The lowest BCUT2D eigenvalue weighted by Gasteiger charge is -2.21. The van der Waals surface area contributed by atoms with Gasteiger partial charge in [-0.25, -0.2) is 4.79 Å². The molecular formula is C17H25N7O8+2. The zero-order chi connectivity index (χ0) is 24.7. The Morgan fingerprint density at radius 1 is 0.781 bits per heavy atom. The predicted molar refractivity (Wildman–Crippen MR) is 106 cm³/mol. The summed E-state index contributed by atoms with van der Waals surface area (Å²) in [6.45, 7) is 0. The van der Waals surface area contributed by atoms with E-state index in [2.05, 4.69) is 20.6 Å². The molecule has 0 aromatic rings. The summed E-state index contributed by atoms with van der Waals surface area (Å²) >= 11 is 0. The number of nitrogens with zero attached hydrogens (tertiary/aromatic N) is 4. The highest BCUT2D eigenvalue weighted by Gasteiger charge is 2.27. The molecule has 0 aliphatic heterocycles. The molecule has 15 heteroatoms. The molecule has 2 amide bonds. The van der Waals surface area contributed by atoms with Crippen LogP contribution in [-0.4, -0.2) is 62.3 Å². The standard InChI is InChI=1S/C17H23N7O8/c18-11(16(29)30)3-6-14(27)23-12(4-1-9(25)7-21-19)15(28)24-13(17(31)32)5-2-10(26)8-22-20/h7-8,11-13H,1-6,18H2,(H4-2,23,24,25,26,27,28,29,30,31,32)/p+2.